The first-order chi connectivity index (χ1) is 8.66. The molecule has 0 aliphatic carbocycles. The molecule has 4 heteroatoms. The summed E-state index contributed by atoms with van der Waals surface area (Å²) in [6, 6.07) is 8.36. The highest BCUT2D eigenvalue weighted by molar-refractivity contribution is 7.13. The monoisotopic (exact) mass is 260 g/mol. The molecule has 1 aromatic heterocycles. The van der Waals surface area contributed by atoms with Gasteiger partial charge in [-0.25, -0.2) is 4.98 Å². The lowest BCUT2D eigenvalue weighted by molar-refractivity contribution is 0.101. The maximum Gasteiger partial charge on any atom is 0.183 e. The van der Waals surface area contributed by atoms with E-state index in [1.807, 2.05) is 6.07 Å². The van der Waals surface area contributed by atoms with Crippen molar-refractivity contribution in [2.24, 2.45) is 0 Å². The van der Waals surface area contributed by atoms with Crippen LogP contribution in [0.1, 0.15) is 28.5 Å². The van der Waals surface area contributed by atoms with Gasteiger partial charge in [0.1, 0.15) is 5.69 Å². The summed E-state index contributed by atoms with van der Waals surface area (Å²) in [5.74, 6) is 0.0122. The first-order valence-electron chi connectivity index (χ1n) is 5.91. The molecule has 0 amide bonds. The third-order valence-electron chi connectivity index (χ3n) is 2.80. The topological polar surface area (TPSA) is 42.0 Å². The van der Waals surface area contributed by atoms with Crippen LogP contribution >= 0.6 is 11.3 Å². The molecule has 1 N–H and O–H groups in total. The predicted molar refractivity (Wildman–Crippen MR) is 75.5 cm³/mol. The molecular weight excluding hydrogens is 244 g/mol. The second kappa shape index (κ2) is 5.78. The number of hydrogen-bond acceptors (Lipinski definition) is 4. The first-order valence-corrected chi connectivity index (χ1v) is 6.79. The van der Waals surface area contributed by atoms with Gasteiger partial charge in [-0.3, -0.25) is 4.79 Å². The molecule has 3 nitrogen and oxygen atoms in total. The lowest BCUT2D eigenvalue weighted by Gasteiger charge is -2.05. The van der Waals surface area contributed by atoms with Crippen LogP contribution in [0.25, 0.3) is 0 Å². The van der Waals surface area contributed by atoms with Gasteiger partial charge < -0.3 is 5.32 Å². The van der Waals surface area contributed by atoms with Crippen LogP contribution in [-0.4, -0.2) is 17.3 Å². The number of aromatic nitrogens is 1. The second-order valence-corrected chi connectivity index (χ2v) is 5.06. The highest BCUT2D eigenvalue weighted by atomic mass is 32.1. The number of anilines is 1. The van der Waals surface area contributed by atoms with E-state index in [9.17, 15) is 4.79 Å². The van der Waals surface area contributed by atoms with Gasteiger partial charge in [0.2, 0.25) is 0 Å². The molecule has 1 aromatic carbocycles. The van der Waals surface area contributed by atoms with Crippen molar-refractivity contribution in [3.63, 3.8) is 0 Å². The number of hydrogen-bond donors (Lipinski definition) is 1. The quantitative estimate of drug-likeness (QED) is 0.839. The molecule has 0 radical (unpaired) electrons. The Morgan fingerprint density at radius 2 is 2.17 bits per heavy atom. The fourth-order valence-corrected chi connectivity index (χ4v) is 2.49. The standard InChI is InChI=1S/C14H16N2OS/c1-10-5-3-4-6-12(10)7-8-15-14-16-13(9-18-14)11(2)17/h3-6,9H,7-8H2,1-2H3,(H,15,16). The van der Waals surface area contributed by atoms with Gasteiger partial charge in [-0.15, -0.1) is 11.3 Å². The molecule has 0 atom stereocenters. The summed E-state index contributed by atoms with van der Waals surface area (Å²) in [7, 11) is 0. The Labute approximate surface area is 111 Å². The molecule has 0 spiro atoms. The van der Waals surface area contributed by atoms with E-state index < -0.39 is 0 Å². The van der Waals surface area contributed by atoms with Crippen LogP contribution in [0, 0.1) is 6.92 Å². The zero-order valence-corrected chi connectivity index (χ0v) is 11.4. The van der Waals surface area contributed by atoms with Gasteiger partial charge in [0, 0.05) is 18.8 Å². The number of carbonyl (C=O) groups excluding carboxylic acids is 1. The molecule has 0 fully saturated rings. The van der Waals surface area contributed by atoms with Crippen molar-refractivity contribution in [2.45, 2.75) is 20.3 Å². The summed E-state index contributed by atoms with van der Waals surface area (Å²) >= 11 is 1.47. The van der Waals surface area contributed by atoms with E-state index in [0.717, 1.165) is 18.1 Å². The molecule has 2 rings (SSSR count). The number of thiazole rings is 1. The van der Waals surface area contributed by atoms with Crippen molar-refractivity contribution >= 4 is 22.3 Å². The normalized spacial score (nSPS) is 10.3. The third kappa shape index (κ3) is 3.17. The molecule has 2 aromatic rings. The zero-order valence-electron chi connectivity index (χ0n) is 10.6. The summed E-state index contributed by atoms with van der Waals surface area (Å²) in [6.07, 6.45) is 0.960. The maximum absolute atomic E-state index is 11.1. The van der Waals surface area contributed by atoms with Gasteiger partial charge >= 0.3 is 0 Å². The number of rotatable bonds is 5. The number of nitrogens with zero attached hydrogens (tertiary/aromatic N) is 1. The summed E-state index contributed by atoms with van der Waals surface area (Å²) in [6.45, 7) is 4.48. The predicted octanol–water partition coefficient (Wildman–Crippen LogP) is 3.31. The SMILES string of the molecule is CC(=O)c1csc(NCCc2ccccc2C)n1. The van der Waals surface area contributed by atoms with Crippen LogP contribution in [-0.2, 0) is 6.42 Å². The molecule has 0 aliphatic rings. The van der Waals surface area contributed by atoms with Gasteiger partial charge in [-0.1, -0.05) is 24.3 Å². The summed E-state index contributed by atoms with van der Waals surface area (Å²) in [5, 5.41) is 5.85. The Morgan fingerprint density at radius 3 is 2.83 bits per heavy atom. The number of carbonyl (C=O) groups is 1. The van der Waals surface area contributed by atoms with Crippen molar-refractivity contribution in [1.29, 1.82) is 0 Å². The van der Waals surface area contributed by atoms with Crippen LogP contribution in [0.2, 0.25) is 0 Å². The zero-order chi connectivity index (χ0) is 13.0. The van der Waals surface area contributed by atoms with Crippen molar-refractivity contribution in [3.05, 3.63) is 46.5 Å². The minimum Gasteiger partial charge on any atom is -0.361 e. The Bertz CT molecular complexity index is 548. The molecule has 0 saturated heterocycles. The molecule has 94 valence electrons. The highest BCUT2D eigenvalue weighted by Crippen LogP contribution is 2.16. The third-order valence-corrected chi connectivity index (χ3v) is 3.60. The largest absolute Gasteiger partial charge is 0.361 e. The van der Waals surface area contributed by atoms with Gasteiger partial charge in [0.25, 0.3) is 0 Å². The summed E-state index contributed by atoms with van der Waals surface area (Å²) in [4.78, 5) is 15.3. The maximum atomic E-state index is 11.1. The summed E-state index contributed by atoms with van der Waals surface area (Å²) in [5.41, 5.74) is 3.19. The van der Waals surface area contributed by atoms with Gasteiger partial charge in [-0.05, 0) is 24.5 Å². The highest BCUT2D eigenvalue weighted by Gasteiger charge is 2.05. The van der Waals surface area contributed by atoms with E-state index in [1.165, 1.54) is 29.4 Å². The molecule has 1 heterocycles. The van der Waals surface area contributed by atoms with Crippen molar-refractivity contribution < 1.29 is 4.79 Å². The van der Waals surface area contributed by atoms with Crippen LogP contribution in [0.4, 0.5) is 5.13 Å². The Morgan fingerprint density at radius 1 is 1.39 bits per heavy atom. The molecule has 0 saturated carbocycles. The fourth-order valence-electron chi connectivity index (χ4n) is 1.71. The molecule has 0 aliphatic heterocycles. The van der Waals surface area contributed by atoms with E-state index in [-0.39, 0.29) is 5.78 Å². The van der Waals surface area contributed by atoms with Gasteiger partial charge in [-0.2, -0.15) is 0 Å². The summed E-state index contributed by atoms with van der Waals surface area (Å²) < 4.78 is 0. The molecular formula is C14H16N2OS. The van der Waals surface area contributed by atoms with Crippen molar-refractivity contribution in [3.8, 4) is 0 Å². The molecule has 0 unspecified atom stereocenters. The Balaban J connectivity index is 1.88. The van der Waals surface area contributed by atoms with E-state index in [0.29, 0.717) is 5.69 Å². The van der Waals surface area contributed by atoms with Crippen molar-refractivity contribution in [1.82, 2.24) is 4.98 Å². The number of nitrogens with one attached hydrogen (secondary N) is 1. The minimum atomic E-state index is 0.0122. The average Bonchev–Trinajstić information content (AvgIpc) is 2.80. The van der Waals surface area contributed by atoms with E-state index in [4.69, 9.17) is 0 Å². The van der Waals surface area contributed by atoms with E-state index in [2.05, 4.69) is 35.4 Å². The molecule has 18 heavy (non-hydrogen) atoms. The fraction of sp³-hybridized carbons (Fsp3) is 0.286. The minimum absolute atomic E-state index is 0.0122. The van der Waals surface area contributed by atoms with Crippen LogP contribution in [0.5, 0.6) is 0 Å². The van der Waals surface area contributed by atoms with Gasteiger partial charge in [0.05, 0.1) is 0 Å². The second-order valence-electron chi connectivity index (χ2n) is 4.20. The number of Topliss-reactive ketones (excluding diaryl/α,β-unsaturated/α-hetero) is 1. The number of aryl methyl sites for hydroxylation is 1. The number of ketones is 1. The van der Waals surface area contributed by atoms with Crippen LogP contribution < -0.4 is 5.32 Å². The lowest BCUT2D eigenvalue weighted by atomic mass is 10.1. The van der Waals surface area contributed by atoms with Gasteiger partial charge in [0.15, 0.2) is 10.9 Å². The van der Waals surface area contributed by atoms with Crippen LogP contribution in [0.15, 0.2) is 29.6 Å². The Kier molecular flexibility index (Phi) is 4.10. The van der Waals surface area contributed by atoms with E-state index >= 15 is 0 Å². The smallest absolute Gasteiger partial charge is 0.183 e. The van der Waals surface area contributed by atoms with E-state index in [1.54, 1.807) is 5.38 Å². The number of benzene rings is 1. The first kappa shape index (κ1) is 12.8. The lowest BCUT2D eigenvalue weighted by Crippen LogP contribution is -2.06. The Hall–Kier alpha value is -1.68. The average molecular weight is 260 g/mol. The van der Waals surface area contributed by atoms with Crippen LogP contribution in [0.3, 0.4) is 0 Å². The molecule has 0 bridgehead atoms. The van der Waals surface area contributed by atoms with Crippen molar-refractivity contribution in [2.75, 3.05) is 11.9 Å².